The van der Waals surface area contributed by atoms with Crippen molar-refractivity contribution in [3.05, 3.63) is 59.5 Å². The van der Waals surface area contributed by atoms with Gasteiger partial charge in [0.15, 0.2) is 0 Å². The molecular formula is C19H26N2O2. The molecule has 1 N–H and O–H groups in total. The van der Waals surface area contributed by atoms with Crippen molar-refractivity contribution in [3.8, 4) is 0 Å². The molecule has 124 valence electrons. The molecule has 4 nitrogen and oxygen atoms in total. The Bertz CT molecular complexity index is 568. The zero-order valence-electron chi connectivity index (χ0n) is 13.8. The van der Waals surface area contributed by atoms with Gasteiger partial charge in [-0.2, -0.15) is 0 Å². The van der Waals surface area contributed by atoms with Crippen molar-refractivity contribution in [1.29, 1.82) is 0 Å². The SMILES string of the molecule is COCC1CCCN1CC1=C(O)CN(Cc2ccccc2)C=C1. The lowest BCUT2D eigenvalue weighted by molar-refractivity contribution is 0.120. The van der Waals surface area contributed by atoms with Crippen LogP contribution in [-0.4, -0.2) is 54.3 Å². The number of likely N-dealkylation sites (tertiary alicyclic amines) is 1. The summed E-state index contributed by atoms with van der Waals surface area (Å²) in [6.07, 6.45) is 6.56. The molecule has 0 saturated carbocycles. The van der Waals surface area contributed by atoms with Gasteiger partial charge in [-0.15, -0.1) is 0 Å². The van der Waals surface area contributed by atoms with Crippen LogP contribution in [0.1, 0.15) is 18.4 Å². The zero-order chi connectivity index (χ0) is 16.1. The minimum absolute atomic E-state index is 0.482. The van der Waals surface area contributed by atoms with Gasteiger partial charge in [0.2, 0.25) is 0 Å². The fraction of sp³-hybridized carbons (Fsp3) is 0.474. The van der Waals surface area contributed by atoms with Crippen LogP contribution < -0.4 is 0 Å². The Morgan fingerprint density at radius 2 is 2.04 bits per heavy atom. The van der Waals surface area contributed by atoms with E-state index >= 15 is 0 Å². The van der Waals surface area contributed by atoms with Gasteiger partial charge >= 0.3 is 0 Å². The number of benzene rings is 1. The zero-order valence-corrected chi connectivity index (χ0v) is 13.8. The Balaban J connectivity index is 1.58. The number of aliphatic hydroxyl groups is 1. The highest BCUT2D eigenvalue weighted by atomic mass is 16.5. The second-order valence-corrected chi connectivity index (χ2v) is 6.40. The third-order valence-corrected chi connectivity index (χ3v) is 4.67. The van der Waals surface area contributed by atoms with Crippen LogP contribution >= 0.6 is 0 Å². The number of ether oxygens (including phenoxy) is 1. The third kappa shape index (κ3) is 4.15. The first kappa shape index (κ1) is 16.1. The van der Waals surface area contributed by atoms with Crippen LogP contribution in [0.15, 0.2) is 53.9 Å². The van der Waals surface area contributed by atoms with Crippen LogP contribution in [0.2, 0.25) is 0 Å². The molecule has 1 aromatic carbocycles. The van der Waals surface area contributed by atoms with Gasteiger partial charge in [-0.3, -0.25) is 4.90 Å². The van der Waals surface area contributed by atoms with E-state index in [4.69, 9.17) is 4.74 Å². The fourth-order valence-electron chi connectivity index (χ4n) is 3.41. The van der Waals surface area contributed by atoms with Crippen molar-refractivity contribution in [2.75, 3.05) is 33.4 Å². The van der Waals surface area contributed by atoms with Crippen molar-refractivity contribution >= 4 is 0 Å². The molecule has 0 aromatic heterocycles. The molecule has 0 bridgehead atoms. The van der Waals surface area contributed by atoms with Crippen LogP contribution in [0.3, 0.4) is 0 Å². The minimum Gasteiger partial charge on any atom is -0.510 e. The molecule has 2 heterocycles. The average molecular weight is 314 g/mol. The van der Waals surface area contributed by atoms with Crippen LogP contribution in [0.5, 0.6) is 0 Å². The summed E-state index contributed by atoms with van der Waals surface area (Å²) in [5.74, 6) is 0.492. The fourth-order valence-corrected chi connectivity index (χ4v) is 3.41. The van der Waals surface area contributed by atoms with Crippen molar-refractivity contribution in [2.24, 2.45) is 0 Å². The molecule has 3 rings (SSSR count). The molecule has 1 atom stereocenters. The number of hydrogen-bond donors (Lipinski definition) is 1. The predicted octanol–water partition coefficient (Wildman–Crippen LogP) is 2.94. The molecule has 0 radical (unpaired) electrons. The van der Waals surface area contributed by atoms with E-state index in [-0.39, 0.29) is 0 Å². The summed E-state index contributed by atoms with van der Waals surface area (Å²) in [5, 5.41) is 10.4. The normalized spacial score (nSPS) is 22.1. The molecule has 0 amide bonds. The highest BCUT2D eigenvalue weighted by molar-refractivity contribution is 5.28. The molecule has 2 aliphatic heterocycles. The molecule has 1 aromatic rings. The predicted molar refractivity (Wildman–Crippen MR) is 92.1 cm³/mol. The molecule has 0 aliphatic carbocycles. The largest absolute Gasteiger partial charge is 0.510 e. The second-order valence-electron chi connectivity index (χ2n) is 6.40. The number of methoxy groups -OCH3 is 1. The van der Waals surface area contributed by atoms with Gasteiger partial charge in [-0.25, -0.2) is 0 Å². The second kappa shape index (κ2) is 7.66. The first-order chi connectivity index (χ1) is 11.3. The van der Waals surface area contributed by atoms with Gasteiger partial charge in [-0.1, -0.05) is 30.3 Å². The van der Waals surface area contributed by atoms with E-state index in [1.54, 1.807) is 7.11 Å². The Morgan fingerprint density at radius 1 is 1.22 bits per heavy atom. The number of rotatable bonds is 6. The van der Waals surface area contributed by atoms with Gasteiger partial charge in [0, 0.05) is 38.0 Å². The number of nitrogens with zero attached hydrogens (tertiary/aromatic N) is 2. The topological polar surface area (TPSA) is 35.9 Å². The number of hydrogen-bond acceptors (Lipinski definition) is 4. The summed E-state index contributed by atoms with van der Waals surface area (Å²) < 4.78 is 5.31. The van der Waals surface area contributed by atoms with Gasteiger partial charge in [0.1, 0.15) is 5.76 Å². The molecule has 1 unspecified atom stereocenters. The highest BCUT2D eigenvalue weighted by Crippen LogP contribution is 2.22. The van der Waals surface area contributed by atoms with E-state index in [2.05, 4.69) is 34.2 Å². The molecular weight excluding hydrogens is 288 g/mol. The molecule has 4 heteroatoms. The van der Waals surface area contributed by atoms with Crippen molar-refractivity contribution in [3.63, 3.8) is 0 Å². The first-order valence-corrected chi connectivity index (χ1v) is 8.36. The number of aliphatic hydroxyl groups excluding tert-OH is 1. The van der Waals surface area contributed by atoms with Crippen LogP contribution in [0.25, 0.3) is 0 Å². The van der Waals surface area contributed by atoms with Crippen LogP contribution in [-0.2, 0) is 11.3 Å². The maximum atomic E-state index is 10.4. The summed E-state index contributed by atoms with van der Waals surface area (Å²) in [6, 6.07) is 10.8. The lowest BCUT2D eigenvalue weighted by atomic mass is 10.1. The molecule has 2 aliphatic rings. The van der Waals surface area contributed by atoms with E-state index < -0.39 is 0 Å². The minimum atomic E-state index is 0.482. The Hall–Kier alpha value is -1.78. The van der Waals surface area contributed by atoms with E-state index in [1.165, 1.54) is 18.4 Å². The summed E-state index contributed by atoms with van der Waals surface area (Å²) in [7, 11) is 1.76. The van der Waals surface area contributed by atoms with E-state index in [1.807, 2.05) is 18.2 Å². The van der Waals surface area contributed by atoms with Crippen molar-refractivity contribution in [2.45, 2.75) is 25.4 Å². The Labute approximate surface area is 138 Å². The summed E-state index contributed by atoms with van der Waals surface area (Å²) in [5.41, 5.74) is 2.30. The third-order valence-electron chi connectivity index (χ3n) is 4.67. The highest BCUT2D eigenvalue weighted by Gasteiger charge is 2.26. The molecule has 1 fully saturated rings. The van der Waals surface area contributed by atoms with Crippen molar-refractivity contribution < 1.29 is 9.84 Å². The summed E-state index contributed by atoms with van der Waals surface area (Å²) in [4.78, 5) is 4.57. The standard InChI is InChI=1S/C19H26N2O2/c1-23-15-18-8-5-10-21(18)13-17-9-11-20(14-19(17)22)12-16-6-3-2-4-7-16/h2-4,6-7,9,11,18,22H,5,8,10,12-15H2,1H3. The maximum Gasteiger partial charge on any atom is 0.116 e. The quantitative estimate of drug-likeness (QED) is 0.876. The van der Waals surface area contributed by atoms with Gasteiger partial charge in [-0.05, 0) is 31.0 Å². The van der Waals surface area contributed by atoms with Gasteiger partial charge < -0.3 is 14.7 Å². The van der Waals surface area contributed by atoms with Crippen molar-refractivity contribution in [1.82, 2.24) is 9.80 Å². The molecule has 0 spiro atoms. The average Bonchev–Trinajstić information content (AvgIpc) is 2.99. The first-order valence-electron chi connectivity index (χ1n) is 8.36. The molecule has 23 heavy (non-hydrogen) atoms. The van der Waals surface area contributed by atoms with Crippen LogP contribution in [0.4, 0.5) is 0 Å². The molecule has 1 saturated heterocycles. The lowest BCUT2D eigenvalue weighted by Crippen LogP contribution is -2.35. The van der Waals surface area contributed by atoms with E-state index in [0.29, 0.717) is 18.3 Å². The monoisotopic (exact) mass is 314 g/mol. The van der Waals surface area contributed by atoms with Crippen LogP contribution in [0, 0.1) is 0 Å². The smallest absolute Gasteiger partial charge is 0.116 e. The summed E-state index contributed by atoms with van der Waals surface area (Å²) >= 11 is 0. The Kier molecular flexibility index (Phi) is 5.36. The van der Waals surface area contributed by atoms with Gasteiger partial charge in [0.25, 0.3) is 0 Å². The maximum absolute atomic E-state index is 10.4. The van der Waals surface area contributed by atoms with E-state index in [0.717, 1.165) is 31.8 Å². The Morgan fingerprint density at radius 3 is 2.78 bits per heavy atom. The van der Waals surface area contributed by atoms with Gasteiger partial charge in [0.05, 0.1) is 13.2 Å². The lowest BCUT2D eigenvalue weighted by Gasteiger charge is -2.29. The summed E-state index contributed by atoms with van der Waals surface area (Å²) in [6.45, 7) is 4.09. The van der Waals surface area contributed by atoms with E-state index in [9.17, 15) is 5.11 Å².